The normalized spacial score (nSPS) is 13.9. The maximum absolute atomic E-state index is 10.4. The Labute approximate surface area is 96.8 Å². The van der Waals surface area contributed by atoms with Crippen LogP contribution < -0.4 is 9.47 Å². The molecule has 5 nitrogen and oxygen atoms in total. The first-order chi connectivity index (χ1) is 8.73. The number of methoxy groups -OCH3 is 2. The van der Waals surface area contributed by atoms with Gasteiger partial charge in [0.1, 0.15) is 0 Å². The minimum absolute atomic E-state index is 0.0215. The van der Waals surface area contributed by atoms with Gasteiger partial charge in [0.15, 0.2) is 11.5 Å². The van der Waals surface area contributed by atoms with Gasteiger partial charge >= 0.3 is 5.97 Å². The molecular formula is C11H12O5. The van der Waals surface area contributed by atoms with Crippen LogP contribution in [0.25, 0.3) is 6.08 Å². The summed E-state index contributed by atoms with van der Waals surface area (Å²) < 4.78 is 30.4. The molecule has 0 heterocycles. The molecule has 1 rings (SSSR count). The van der Waals surface area contributed by atoms with Crippen molar-refractivity contribution in [1.82, 2.24) is 0 Å². The predicted molar refractivity (Wildman–Crippen MR) is 57.9 cm³/mol. The molecule has 1 aromatic rings. The fourth-order valence-electron chi connectivity index (χ4n) is 1.10. The summed E-state index contributed by atoms with van der Waals surface area (Å²) in [6.45, 7) is 0. The van der Waals surface area contributed by atoms with Gasteiger partial charge in [0, 0.05) is 6.08 Å². The minimum Gasteiger partial charge on any atom is -0.502 e. The summed E-state index contributed by atoms with van der Waals surface area (Å²) in [5.74, 6) is -1.97. The van der Waals surface area contributed by atoms with Crippen LogP contribution in [-0.2, 0) is 4.79 Å². The Hall–Kier alpha value is -2.17. The third-order valence-corrected chi connectivity index (χ3v) is 1.81. The zero-order valence-electron chi connectivity index (χ0n) is 11.4. The molecule has 86 valence electrons. The van der Waals surface area contributed by atoms with Gasteiger partial charge in [-0.3, -0.25) is 0 Å². The molecule has 2 N–H and O–H groups in total. The van der Waals surface area contributed by atoms with E-state index in [9.17, 15) is 9.90 Å². The second-order valence-corrected chi connectivity index (χ2v) is 2.84. The van der Waals surface area contributed by atoms with Crippen LogP contribution in [0.1, 0.15) is 9.68 Å². The maximum atomic E-state index is 10.4. The lowest BCUT2D eigenvalue weighted by Gasteiger charge is -2.09. The van der Waals surface area contributed by atoms with E-state index in [0.29, 0.717) is 5.56 Å². The number of aromatic hydroxyl groups is 1. The van der Waals surface area contributed by atoms with Crippen LogP contribution in [0.3, 0.4) is 0 Å². The SMILES string of the molecule is [2H]C([2H])([2H])Oc1cc(/C=C/C(=O)O)cc(OC)c1O. The molecule has 0 aliphatic rings. The predicted octanol–water partition coefficient (Wildman–Crippen LogP) is 1.51. The van der Waals surface area contributed by atoms with Crippen molar-refractivity contribution in [3.63, 3.8) is 0 Å². The van der Waals surface area contributed by atoms with E-state index in [1.807, 2.05) is 0 Å². The largest absolute Gasteiger partial charge is 0.502 e. The van der Waals surface area contributed by atoms with Crippen LogP contribution in [0.4, 0.5) is 0 Å². The highest BCUT2D eigenvalue weighted by Gasteiger charge is 2.09. The van der Waals surface area contributed by atoms with Crippen molar-refractivity contribution in [2.45, 2.75) is 0 Å². The Bertz CT molecular complexity index is 508. The summed E-state index contributed by atoms with van der Waals surface area (Å²) in [7, 11) is -1.46. The molecule has 0 unspecified atom stereocenters. The smallest absolute Gasteiger partial charge is 0.328 e. The Balaban J connectivity index is 3.22. The standard InChI is InChI=1S/C11H12O5/c1-15-8-5-7(3-4-10(12)13)6-9(16-2)11(8)14/h3-6,14H,1-2H3,(H,12,13)/b4-3+/i1D3. The molecule has 0 aliphatic heterocycles. The van der Waals surface area contributed by atoms with Crippen molar-refractivity contribution < 1.29 is 28.6 Å². The van der Waals surface area contributed by atoms with Gasteiger partial charge in [0.2, 0.25) is 5.75 Å². The number of hydrogen-bond acceptors (Lipinski definition) is 4. The molecule has 0 saturated heterocycles. The van der Waals surface area contributed by atoms with E-state index in [4.69, 9.17) is 14.0 Å². The molecule has 0 aromatic heterocycles. The number of carboxylic acids is 1. The first-order valence-electron chi connectivity index (χ1n) is 5.74. The van der Waals surface area contributed by atoms with Gasteiger partial charge in [-0.05, 0) is 23.8 Å². The van der Waals surface area contributed by atoms with Crippen molar-refractivity contribution in [1.29, 1.82) is 0 Å². The number of phenolic OH excluding ortho intramolecular Hbond substituents is 1. The Morgan fingerprint density at radius 3 is 2.56 bits per heavy atom. The number of carboxylic acid groups (broad SMARTS) is 1. The van der Waals surface area contributed by atoms with Crippen LogP contribution in [-0.4, -0.2) is 30.3 Å². The first-order valence-corrected chi connectivity index (χ1v) is 4.24. The lowest BCUT2D eigenvalue weighted by Crippen LogP contribution is -1.91. The van der Waals surface area contributed by atoms with Crippen LogP contribution in [0.5, 0.6) is 17.2 Å². The Morgan fingerprint density at radius 1 is 1.44 bits per heavy atom. The van der Waals surface area contributed by atoms with E-state index in [0.717, 1.165) is 6.08 Å². The van der Waals surface area contributed by atoms with Crippen molar-refractivity contribution in [2.75, 3.05) is 14.1 Å². The van der Waals surface area contributed by atoms with E-state index in [2.05, 4.69) is 4.74 Å². The summed E-state index contributed by atoms with van der Waals surface area (Å²) in [5, 5.41) is 18.2. The average Bonchev–Trinajstić information content (AvgIpc) is 2.28. The average molecular weight is 227 g/mol. The summed E-state index contributed by atoms with van der Waals surface area (Å²) in [6, 6.07) is 2.55. The number of hydrogen-bond donors (Lipinski definition) is 2. The summed E-state index contributed by atoms with van der Waals surface area (Å²) in [6.07, 6.45) is 2.08. The van der Waals surface area contributed by atoms with Crippen LogP contribution in [0.2, 0.25) is 0 Å². The minimum atomic E-state index is -2.74. The molecule has 0 radical (unpaired) electrons. The Kier molecular flexibility index (Phi) is 2.54. The highest BCUT2D eigenvalue weighted by atomic mass is 16.5. The van der Waals surface area contributed by atoms with Crippen LogP contribution in [0.15, 0.2) is 18.2 Å². The molecule has 0 bridgehead atoms. The van der Waals surface area contributed by atoms with E-state index < -0.39 is 18.8 Å². The summed E-state index contributed by atoms with van der Waals surface area (Å²) in [4.78, 5) is 10.4. The topological polar surface area (TPSA) is 76.0 Å². The maximum Gasteiger partial charge on any atom is 0.328 e. The monoisotopic (exact) mass is 227 g/mol. The van der Waals surface area contributed by atoms with Crippen LogP contribution >= 0.6 is 0 Å². The lowest BCUT2D eigenvalue weighted by atomic mass is 10.1. The van der Waals surface area contributed by atoms with Gasteiger partial charge in [-0.2, -0.15) is 0 Å². The number of phenols is 1. The first kappa shape index (κ1) is 8.04. The highest BCUT2D eigenvalue weighted by Crippen LogP contribution is 2.37. The number of rotatable bonds is 4. The molecule has 1 aromatic carbocycles. The quantitative estimate of drug-likeness (QED) is 0.762. The van der Waals surface area contributed by atoms with E-state index in [1.165, 1.54) is 25.3 Å². The summed E-state index contributed by atoms with van der Waals surface area (Å²) in [5.41, 5.74) is 0.316. The van der Waals surface area contributed by atoms with Gasteiger partial charge in [0.05, 0.1) is 18.3 Å². The zero-order valence-corrected chi connectivity index (χ0v) is 8.43. The molecule has 16 heavy (non-hydrogen) atoms. The van der Waals surface area contributed by atoms with Crippen molar-refractivity contribution in [2.24, 2.45) is 0 Å². The fraction of sp³-hybridized carbons (Fsp3) is 0.182. The second-order valence-electron chi connectivity index (χ2n) is 2.84. The van der Waals surface area contributed by atoms with Crippen molar-refractivity contribution >= 4 is 12.0 Å². The molecule has 0 aliphatic carbocycles. The zero-order chi connectivity index (χ0) is 14.6. The van der Waals surface area contributed by atoms with E-state index in [-0.39, 0.29) is 11.5 Å². The van der Waals surface area contributed by atoms with Gasteiger partial charge in [-0.15, -0.1) is 0 Å². The molecule has 5 heteroatoms. The molecule has 0 fully saturated rings. The Morgan fingerprint density at radius 2 is 2.06 bits per heavy atom. The van der Waals surface area contributed by atoms with Gasteiger partial charge in [-0.1, -0.05) is 0 Å². The molecule has 0 spiro atoms. The molecule has 0 amide bonds. The van der Waals surface area contributed by atoms with E-state index in [1.54, 1.807) is 0 Å². The number of aliphatic carboxylic acids is 1. The third-order valence-electron chi connectivity index (χ3n) is 1.81. The van der Waals surface area contributed by atoms with Crippen LogP contribution in [0, 0.1) is 0 Å². The number of carbonyl (C=O) groups is 1. The highest BCUT2D eigenvalue weighted by molar-refractivity contribution is 5.85. The fourth-order valence-corrected chi connectivity index (χ4v) is 1.10. The van der Waals surface area contributed by atoms with E-state index >= 15 is 0 Å². The van der Waals surface area contributed by atoms with Crippen molar-refractivity contribution in [3.8, 4) is 17.2 Å². The summed E-state index contributed by atoms with van der Waals surface area (Å²) >= 11 is 0. The third kappa shape index (κ3) is 2.66. The number of benzene rings is 1. The molecule has 0 saturated carbocycles. The van der Waals surface area contributed by atoms with Gasteiger partial charge in [0.25, 0.3) is 0 Å². The lowest BCUT2D eigenvalue weighted by molar-refractivity contribution is -0.131. The second kappa shape index (κ2) is 5.06. The van der Waals surface area contributed by atoms with Gasteiger partial charge in [-0.25, -0.2) is 4.79 Å². The molecule has 0 atom stereocenters. The van der Waals surface area contributed by atoms with Gasteiger partial charge < -0.3 is 19.7 Å². The molecular weight excluding hydrogens is 212 g/mol. The van der Waals surface area contributed by atoms with Crippen molar-refractivity contribution in [3.05, 3.63) is 23.8 Å². The number of ether oxygens (including phenoxy) is 2.